The second-order valence-corrected chi connectivity index (χ2v) is 5.14. The van der Waals surface area contributed by atoms with Crippen molar-refractivity contribution in [1.82, 2.24) is 4.90 Å². The van der Waals surface area contributed by atoms with Crippen LogP contribution in [0, 0.1) is 10.8 Å². The van der Waals surface area contributed by atoms with Crippen molar-refractivity contribution < 1.29 is 5.11 Å². The first kappa shape index (κ1) is 12.5. The molecular formula is C11H23N3O. The molecule has 0 aromatic rings. The normalized spacial score (nSPS) is 24.1. The Balaban J connectivity index is 2.33. The molecule has 1 fully saturated rings. The maximum atomic E-state index is 9.51. The van der Waals surface area contributed by atoms with Crippen LogP contribution in [0.1, 0.15) is 33.1 Å². The van der Waals surface area contributed by atoms with Crippen LogP contribution in [-0.2, 0) is 0 Å². The molecule has 15 heavy (non-hydrogen) atoms. The van der Waals surface area contributed by atoms with Crippen molar-refractivity contribution in [3.63, 3.8) is 0 Å². The zero-order valence-electron chi connectivity index (χ0n) is 9.79. The topological polar surface area (TPSA) is 73.3 Å². The molecular weight excluding hydrogens is 190 g/mol. The Morgan fingerprint density at radius 3 is 2.80 bits per heavy atom. The van der Waals surface area contributed by atoms with Crippen LogP contribution < -0.4 is 5.73 Å². The third-order valence-electron chi connectivity index (χ3n) is 3.26. The quantitative estimate of drug-likeness (QED) is 0.477. The minimum Gasteiger partial charge on any atom is -0.392 e. The average Bonchev–Trinajstić information content (AvgIpc) is 2.15. The lowest BCUT2D eigenvalue weighted by atomic mass is 9.87. The first-order chi connectivity index (χ1) is 6.92. The van der Waals surface area contributed by atoms with Crippen molar-refractivity contribution in [2.24, 2.45) is 11.1 Å². The van der Waals surface area contributed by atoms with Crippen molar-refractivity contribution in [2.75, 3.05) is 19.6 Å². The molecule has 1 saturated heterocycles. The van der Waals surface area contributed by atoms with Crippen LogP contribution in [0.4, 0.5) is 0 Å². The molecule has 1 rings (SSSR count). The van der Waals surface area contributed by atoms with Crippen LogP contribution in [0.2, 0.25) is 0 Å². The van der Waals surface area contributed by atoms with E-state index in [1.54, 1.807) is 0 Å². The Bertz CT molecular complexity index is 228. The Kier molecular flexibility index (Phi) is 4.11. The van der Waals surface area contributed by atoms with Crippen molar-refractivity contribution in [3.8, 4) is 0 Å². The van der Waals surface area contributed by atoms with Gasteiger partial charge in [0.15, 0.2) is 0 Å². The number of hydrogen-bond acceptors (Lipinski definition) is 3. The monoisotopic (exact) mass is 213 g/mol. The first-order valence-electron chi connectivity index (χ1n) is 5.67. The van der Waals surface area contributed by atoms with Gasteiger partial charge in [-0.2, -0.15) is 0 Å². The largest absolute Gasteiger partial charge is 0.392 e. The van der Waals surface area contributed by atoms with Crippen molar-refractivity contribution >= 4 is 5.84 Å². The van der Waals surface area contributed by atoms with Gasteiger partial charge in [-0.25, -0.2) is 0 Å². The number of hydrogen-bond donors (Lipinski definition) is 3. The summed E-state index contributed by atoms with van der Waals surface area (Å²) >= 11 is 0. The number of likely N-dealkylation sites (tertiary alicyclic amines) is 1. The molecule has 0 aromatic carbocycles. The van der Waals surface area contributed by atoms with Crippen LogP contribution in [0.25, 0.3) is 0 Å². The number of amidine groups is 1. The minimum atomic E-state index is -0.220. The van der Waals surface area contributed by atoms with Gasteiger partial charge >= 0.3 is 0 Å². The molecule has 1 aliphatic rings. The van der Waals surface area contributed by atoms with Crippen LogP contribution in [0.5, 0.6) is 0 Å². The number of β-amino-alcohol motifs (C(OH)–C–C–N with tert-alkyl or cyclic N) is 1. The molecule has 0 aliphatic carbocycles. The van der Waals surface area contributed by atoms with Gasteiger partial charge in [-0.1, -0.05) is 13.8 Å². The second kappa shape index (κ2) is 4.94. The molecule has 1 heterocycles. The van der Waals surface area contributed by atoms with E-state index >= 15 is 0 Å². The van der Waals surface area contributed by atoms with Gasteiger partial charge in [-0.15, -0.1) is 0 Å². The highest BCUT2D eigenvalue weighted by Gasteiger charge is 2.24. The fraction of sp³-hybridized carbons (Fsp3) is 0.909. The molecule has 4 heteroatoms. The highest BCUT2D eigenvalue weighted by Crippen LogP contribution is 2.21. The number of aliphatic hydroxyl groups is 1. The van der Waals surface area contributed by atoms with Gasteiger partial charge in [0.05, 0.1) is 11.9 Å². The van der Waals surface area contributed by atoms with Gasteiger partial charge in [0.25, 0.3) is 0 Å². The zero-order valence-corrected chi connectivity index (χ0v) is 9.79. The SMILES string of the molecule is CC(C)(CCN1CCCC(O)C1)C(=N)N. The standard InChI is InChI=1S/C11H23N3O/c1-11(2,10(12)13)5-7-14-6-3-4-9(15)8-14/h9,15H,3-8H2,1-2H3,(H3,12,13). The molecule has 0 spiro atoms. The van der Waals surface area contributed by atoms with Crippen LogP contribution >= 0.6 is 0 Å². The summed E-state index contributed by atoms with van der Waals surface area (Å²) in [5, 5.41) is 17.0. The maximum Gasteiger partial charge on any atom is 0.0963 e. The molecule has 0 radical (unpaired) electrons. The number of piperidine rings is 1. The molecule has 0 amide bonds. The van der Waals surface area contributed by atoms with E-state index in [1.807, 2.05) is 13.8 Å². The summed E-state index contributed by atoms with van der Waals surface area (Å²) in [7, 11) is 0. The van der Waals surface area contributed by atoms with Crippen LogP contribution in [-0.4, -0.2) is 41.6 Å². The molecule has 1 unspecified atom stereocenters. The highest BCUT2D eigenvalue weighted by atomic mass is 16.3. The van der Waals surface area contributed by atoms with E-state index in [0.29, 0.717) is 0 Å². The zero-order chi connectivity index (χ0) is 11.5. The van der Waals surface area contributed by atoms with Crippen LogP contribution in [0.15, 0.2) is 0 Å². The van der Waals surface area contributed by atoms with Gasteiger partial charge in [0, 0.05) is 12.0 Å². The fourth-order valence-electron chi connectivity index (χ4n) is 1.81. The van der Waals surface area contributed by atoms with Gasteiger partial charge in [-0.3, -0.25) is 5.41 Å². The van der Waals surface area contributed by atoms with E-state index < -0.39 is 0 Å². The molecule has 0 bridgehead atoms. The van der Waals surface area contributed by atoms with E-state index in [4.69, 9.17) is 11.1 Å². The molecule has 4 N–H and O–H groups in total. The predicted octanol–water partition coefficient (Wildman–Crippen LogP) is 0.795. The van der Waals surface area contributed by atoms with Crippen molar-refractivity contribution in [3.05, 3.63) is 0 Å². The molecule has 1 aliphatic heterocycles. The van der Waals surface area contributed by atoms with E-state index in [1.165, 1.54) is 0 Å². The summed E-state index contributed by atoms with van der Waals surface area (Å²) in [5.41, 5.74) is 5.31. The predicted molar refractivity (Wildman–Crippen MR) is 62.0 cm³/mol. The Hall–Kier alpha value is -0.610. The number of aliphatic hydroxyl groups excluding tert-OH is 1. The number of rotatable bonds is 4. The second-order valence-electron chi connectivity index (χ2n) is 5.14. The lowest BCUT2D eigenvalue weighted by Crippen LogP contribution is -2.41. The number of nitrogens with two attached hydrogens (primary N) is 1. The van der Waals surface area contributed by atoms with Crippen molar-refractivity contribution in [2.45, 2.75) is 39.2 Å². The smallest absolute Gasteiger partial charge is 0.0963 e. The Labute approximate surface area is 92.0 Å². The minimum absolute atomic E-state index is 0.167. The number of nitrogens with one attached hydrogen (secondary N) is 1. The summed E-state index contributed by atoms with van der Waals surface area (Å²) in [6, 6.07) is 0. The first-order valence-corrected chi connectivity index (χ1v) is 5.67. The van der Waals surface area contributed by atoms with E-state index in [0.717, 1.165) is 38.9 Å². The van der Waals surface area contributed by atoms with Gasteiger partial charge in [-0.05, 0) is 32.4 Å². The third kappa shape index (κ3) is 3.80. The van der Waals surface area contributed by atoms with E-state index in [-0.39, 0.29) is 17.4 Å². The summed E-state index contributed by atoms with van der Waals surface area (Å²) in [4.78, 5) is 2.26. The summed E-state index contributed by atoms with van der Waals surface area (Å²) < 4.78 is 0. The summed E-state index contributed by atoms with van der Waals surface area (Å²) in [5.74, 6) is 0.250. The highest BCUT2D eigenvalue weighted by molar-refractivity contribution is 5.82. The molecule has 88 valence electrons. The van der Waals surface area contributed by atoms with Gasteiger partial charge in [0.2, 0.25) is 0 Å². The van der Waals surface area contributed by atoms with Crippen LogP contribution in [0.3, 0.4) is 0 Å². The lowest BCUT2D eigenvalue weighted by molar-refractivity contribution is 0.0668. The summed E-state index contributed by atoms with van der Waals surface area (Å²) in [6.45, 7) is 6.74. The maximum absolute atomic E-state index is 9.51. The Morgan fingerprint density at radius 2 is 2.27 bits per heavy atom. The van der Waals surface area contributed by atoms with Gasteiger partial charge in [0.1, 0.15) is 0 Å². The average molecular weight is 213 g/mol. The molecule has 4 nitrogen and oxygen atoms in total. The number of nitrogens with zero attached hydrogens (tertiary/aromatic N) is 1. The summed E-state index contributed by atoms with van der Waals surface area (Å²) in [6.07, 6.45) is 2.71. The molecule has 1 atom stereocenters. The molecule has 0 aromatic heterocycles. The lowest BCUT2D eigenvalue weighted by Gasteiger charge is -2.32. The van der Waals surface area contributed by atoms with Gasteiger partial charge < -0.3 is 15.7 Å². The third-order valence-corrected chi connectivity index (χ3v) is 3.26. The van der Waals surface area contributed by atoms with E-state index in [9.17, 15) is 5.11 Å². The van der Waals surface area contributed by atoms with Crippen molar-refractivity contribution in [1.29, 1.82) is 5.41 Å². The Morgan fingerprint density at radius 1 is 1.60 bits per heavy atom. The fourth-order valence-corrected chi connectivity index (χ4v) is 1.81. The molecule has 0 saturated carbocycles. The van der Waals surface area contributed by atoms with E-state index in [2.05, 4.69) is 4.90 Å².